The van der Waals surface area contributed by atoms with Crippen LogP contribution in [-0.2, 0) is 11.2 Å². The molecule has 2 aromatic carbocycles. The standard InChI is InChI=1S/C28H36N4O2/c1-6-24(32-26(33)17-28(4,5)31-27(32)29)22-16-20(13-15-25(22)34-7-2)18(3)30-23-14-12-19-10-8-9-11-21(19)23/h8-11,13,15-16,23-24,30H,3,6-7,12,14,17H2,1-2,4-5H3,(H2,29,31). The summed E-state index contributed by atoms with van der Waals surface area (Å²) in [5.41, 5.74) is 11.3. The number of nitrogens with zero attached hydrogens (tertiary/aromatic N) is 2. The van der Waals surface area contributed by atoms with Crippen molar-refractivity contribution < 1.29 is 9.53 Å². The SMILES string of the molecule is C=C(NC1CCc2ccccc21)c1ccc(OCC)c(C(CC)N2C(=O)CC(C)(C)N=C2N)c1. The van der Waals surface area contributed by atoms with Crippen molar-refractivity contribution in [3.05, 3.63) is 71.3 Å². The zero-order chi connectivity index (χ0) is 24.5. The van der Waals surface area contributed by atoms with Crippen molar-refractivity contribution in [2.75, 3.05) is 6.61 Å². The fraction of sp³-hybridized carbons (Fsp3) is 0.429. The van der Waals surface area contributed by atoms with Crippen LogP contribution in [0, 0.1) is 0 Å². The van der Waals surface area contributed by atoms with Crippen LogP contribution < -0.4 is 15.8 Å². The number of benzene rings is 2. The molecule has 2 atom stereocenters. The Morgan fingerprint density at radius 3 is 2.76 bits per heavy atom. The number of hydrogen-bond acceptors (Lipinski definition) is 5. The summed E-state index contributed by atoms with van der Waals surface area (Å²) in [6, 6.07) is 14.6. The van der Waals surface area contributed by atoms with Gasteiger partial charge in [0.2, 0.25) is 5.91 Å². The first-order chi connectivity index (χ1) is 16.2. The monoisotopic (exact) mass is 460 g/mol. The number of nitrogens with one attached hydrogen (secondary N) is 1. The maximum absolute atomic E-state index is 13.1. The van der Waals surface area contributed by atoms with E-state index in [1.54, 1.807) is 4.90 Å². The van der Waals surface area contributed by atoms with Gasteiger partial charge in [-0.2, -0.15) is 0 Å². The van der Waals surface area contributed by atoms with Crippen LogP contribution in [0.4, 0.5) is 0 Å². The molecule has 2 aromatic rings. The highest BCUT2D eigenvalue weighted by molar-refractivity contribution is 5.99. The second kappa shape index (κ2) is 9.53. The van der Waals surface area contributed by atoms with Gasteiger partial charge in [0.05, 0.1) is 30.7 Å². The number of aliphatic imine (C=N–C) groups is 1. The van der Waals surface area contributed by atoms with Gasteiger partial charge < -0.3 is 15.8 Å². The van der Waals surface area contributed by atoms with Gasteiger partial charge in [0.15, 0.2) is 5.96 Å². The molecule has 6 nitrogen and oxygen atoms in total. The van der Waals surface area contributed by atoms with Gasteiger partial charge in [0.1, 0.15) is 5.75 Å². The lowest BCUT2D eigenvalue weighted by atomic mass is 9.94. The van der Waals surface area contributed by atoms with Crippen molar-refractivity contribution in [2.45, 2.75) is 71.0 Å². The van der Waals surface area contributed by atoms with Crippen LogP contribution in [0.15, 0.2) is 54.0 Å². The summed E-state index contributed by atoms with van der Waals surface area (Å²) in [6.45, 7) is 12.7. The zero-order valence-corrected chi connectivity index (χ0v) is 20.7. The molecule has 0 spiro atoms. The van der Waals surface area contributed by atoms with Crippen LogP contribution in [0.3, 0.4) is 0 Å². The molecular weight excluding hydrogens is 424 g/mol. The summed E-state index contributed by atoms with van der Waals surface area (Å²) in [6.07, 6.45) is 3.12. The third kappa shape index (κ3) is 4.67. The van der Waals surface area contributed by atoms with E-state index in [4.69, 9.17) is 10.5 Å². The van der Waals surface area contributed by atoms with Crippen LogP contribution in [0.1, 0.15) is 81.3 Å². The molecule has 180 valence electrons. The van der Waals surface area contributed by atoms with Crippen LogP contribution in [0.2, 0.25) is 0 Å². The Morgan fingerprint density at radius 2 is 2.06 bits per heavy atom. The Hall–Kier alpha value is -3.28. The van der Waals surface area contributed by atoms with Crippen LogP contribution in [0.5, 0.6) is 5.75 Å². The normalized spacial score (nSPS) is 19.9. The van der Waals surface area contributed by atoms with E-state index in [9.17, 15) is 4.79 Å². The summed E-state index contributed by atoms with van der Waals surface area (Å²) in [5, 5.41) is 3.63. The van der Waals surface area contributed by atoms with Crippen molar-refractivity contribution in [2.24, 2.45) is 10.7 Å². The quantitative estimate of drug-likeness (QED) is 0.574. The predicted molar refractivity (Wildman–Crippen MR) is 137 cm³/mol. The maximum Gasteiger partial charge on any atom is 0.232 e. The minimum atomic E-state index is -0.490. The number of carbonyl (C=O) groups is 1. The van der Waals surface area contributed by atoms with Crippen molar-refractivity contribution in [3.8, 4) is 5.75 Å². The summed E-state index contributed by atoms with van der Waals surface area (Å²) in [4.78, 5) is 19.4. The average molecular weight is 461 g/mol. The Kier molecular flexibility index (Phi) is 6.69. The topological polar surface area (TPSA) is 80.0 Å². The van der Waals surface area contributed by atoms with Crippen molar-refractivity contribution >= 4 is 17.6 Å². The number of guanidine groups is 1. The molecule has 34 heavy (non-hydrogen) atoms. The van der Waals surface area contributed by atoms with Gasteiger partial charge in [0, 0.05) is 11.3 Å². The van der Waals surface area contributed by atoms with E-state index >= 15 is 0 Å². The summed E-state index contributed by atoms with van der Waals surface area (Å²) in [5.74, 6) is 1.000. The van der Waals surface area contributed by atoms with Gasteiger partial charge in [0.25, 0.3) is 0 Å². The van der Waals surface area contributed by atoms with E-state index in [2.05, 4.69) is 54.1 Å². The van der Waals surface area contributed by atoms with Crippen LogP contribution in [-0.4, -0.2) is 28.9 Å². The minimum Gasteiger partial charge on any atom is -0.494 e. The molecular formula is C28H36N4O2. The molecule has 2 unspecified atom stereocenters. The fourth-order valence-electron chi connectivity index (χ4n) is 5.15. The van der Waals surface area contributed by atoms with Gasteiger partial charge in [-0.25, -0.2) is 4.99 Å². The second-order valence-electron chi connectivity index (χ2n) is 9.75. The van der Waals surface area contributed by atoms with Crippen molar-refractivity contribution in [3.63, 3.8) is 0 Å². The lowest BCUT2D eigenvalue weighted by molar-refractivity contribution is -0.131. The number of fused-ring (bicyclic) bond motifs is 1. The van der Waals surface area contributed by atoms with Gasteiger partial charge in [-0.3, -0.25) is 9.69 Å². The molecule has 0 aromatic heterocycles. The second-order valence-corrected chi connectivity index (χ2v) is 9.75. The Balaban J connectivity index is 1.65. The number of rotatable bonds is 8. The Morgan fingerprint density at radius 1 is 1.29 bits per heavy atom. The fourth-order valence-corrected chi connectivity index (χ4v) is 5.15. The summed E-state index contributed by atoms with van der Waals surface area (Å²) >= 11 is 0. The number of carbonyl (C=O) groups excluding carboxylic acids is 1. The molecule has 0 saturated heterocycles. The predicted octanol–water partition coefficient (Wildman–Crippen LogP) is 5.11. The number of amides is 1. The molecule has 0 radical (unpaired) electrons. The van der Waals surface area contributed by atoms with E-state index in [1.165, 1.54) is 11.1 Å². The molecule has 0 fully saturated rings. The molecule has 3 N–H and O–H groups in total. The lowest BCUT2D eigenvalue weighted by Crippen LogP contribution is -2.51. The molecule has 6 heteroatoms. The molecule has 1 aliphatic heterocycles. The van der Waals surface area contributed by atoms with Gasteiger partial charge in [-0.05, 0) is 74.9 Å². The Labute approximate surface area is 202 Å². The number of hydrogen-bond donors (Lipinski definition) is 2. The van der Waals surface area contributed by atoms with E-state index < -0.39 is 5.54 Å². The number of ether oxygens (including phenoxy) is 1. The largest absolute Gasteiger partial charge is 0.494 e. The Bertz CT molecular complexity index is 1120. The molecule has 0 bridgehead atoms. The van der Waals surface area contributed by atoms with Crippen molar-refractivity contribution in [1.29, 1.82) is 0 Å². The highest BCUT2D eigenvalue weighted by Gasteiger charge is 2.37. The van der Waals surface area contributed by atoms with Gasteiger partial charge in [-0.15, -0.1) is 0 Å². The third-order valence-electron chi connectivity index (χ3n) is 6.71. The van der Waals surface area contributed by atoms with E-state index in [0.29, 0.717) is 19.4 Å². The van der Waals surface area contributed by atoms with Crippen molar-refractivity contribution in [1.82, 2.24) is 10.2 Å². The molecule has 0 saturated carbocycles. The summed E-state index contributed by atoms with van der Waals surface area (Å²) < 4.78 is 5.97. The first-order valence-electron chi connectivity index (χ1n) is 12.2. The molecule has 2 aliphatic rings. The maximum atomic E-state index is 13.1. The number of nitrogens with two attached hydrogens (primary N) is 1. The minimum absolute atomic E-state index is 0.0169. The molecule has 4 rings (SSSR count). The van der Waals surface area contributed by atoms with E-state index in [1.807, 2.05) is 32.9 Å². The first kappa shape index (κ1) is 23.9. The smallest absolute Gasteiger partial charge is 0.232 e. The lowest BCUT2D eigenvalue weighted by Gasteiger charge is -2.38. The molecule has 1 amide bonds. The highest BCUT2D eigenvalue weighted by Crippen LogP contribution is 2.38. The van der Waals surface area contributed by atoms with E-state index in [-0.39, 0.29) is 24.0 Å². The van der Waals surface area contributed by atoms with Gasteiger partial charge in [-0.1, -0.05) is 37.8 Å². The zero-order valence-electron chi connectivity index (χ0n) is 20.7. The molecule has 1 aliphatic carbocycles. The first-order valence-corrected chi connectivity index (χ1v) is 12.2. The summed E-state index contributed by atoms with van der Waals surface area (Å²) in [7, 11) is 0. The molecule has 1 heterocycles. The van der Waals surface area contributed by atoms with Crippen LogP contribution in [0.25, 0.3) is 5.70 Å². The third-order valence-corrected chi connectivity index (χ3v) is 6.71. The highest BCUT2D eigenvalue weighted by atomic mass is 16.5. The van der Waals surface area contributed by atoms with E-state index in [0.717, 1.165) is 35.4 Å². The average Bonchev–Trinajstić information content (AvgIpc) is 3.19. The van der Waals surface area contributed by atoms with Gasteiger partial charge >= 0.3 is 0 Å². The van der Waals surface area contributed by atoms with Crippen LogP contribution >= 0.6 is 0 Å². The number of aryl methyl sites for hydroxylation is 1.